The Morgan fingerprint density at radius 2 is 1.47 bits per heavy atom. The molecule has 0 saturated heterocycles. The summed E-state index contributed by atoms with van der Waals surface area (Å²) in [6, 6.07) is 14.8. The van der Waals surface area contributed by atoms with Crippen LogP contribution in [0, 0.1) is 0 Å². The first kappa shape index (κ1) is 13.1. The van der Waals surface area contributed by atoms with Crippen LogP contribution in [-0.2, 0) is 4.79 Å². The van der Waals surface area contributed by atoms with E-state index in [-0.39, 0.29) is 5.75 Å². The monoisotopic (exact) mass is 266 g/mol. The van der Waals surface area contributed by atoms with Crippen LogP contribution >= 0.6 is 0 Å². The Kier molecular flexibility index (Phi) is 3.55. The summed E-state index contributed by atoms with van der Waals surface area (Å²) in [5.74, 6) is -2.34. The first-order valence-electron chi connectivity index (χ1n) is 5.42. The molecule has 2 aromatic carbocycles. The van der Waals surface area contributed by atoms with Crippen LogP contribution < -0.4 is 4.74 Å². The third-order valence-electron chi connectivity index (χ3n) is 2.41. The van der Waals surface area contributed by atoms with Crippen molar-refractivity contribution in [3.63, 3.8) is 0 Å². The van der Waals surface area contributed by atoms with Crippen molar-refractivity contribution >= 4 is 5.97 Å². The van der Waals surface area contributed by atoms with Crippen LogP contribution in [0.3, 0.4) is 0 Å². The first-order valence-corrected chi connectivity index (χ1v) is 5.42. The van der Waals surface area contributed by atoms with E-state index in [1.807, 2.05) is 0 Å². The summed E-state index contributed by atoms with van der Waals surface area (Å²) in [5, 5.41) is 0. The highest BCUT2D eigenvalue weighted by Gasteiger charge is 2.41. The van der Waals surface area contributed by atoms with Crippen molar-refractivity contribution in [2.45, 2.75) is 6.18 Å². The number of rotatable bonds is 2. The summed E-state index contributed by atoms with van der Waals surface area (Å²) in [6.07, 6.45) is -5.01. The minimum Gasteiger partial charge on any atom is -0.419 e. The van der Waals surface area contributed by atoms with E-state index in [4.69, 9.17) is 0 Å². The van der Waals surface area contributed by atoms with Crippen LogP contribution in [0.25, 0.3) is 11.1 Å². The molecule has 0 aromatic heterocycles. The first-order chi connectivity index (χ1) is 8.98. The highest BCUT2D eigenvalue weighted by atomic mass is 19.4. The summed E-state index contributed by atoms with van der Waals surface area (Å²) >= 11 is 0. The Bertz CT molecular complexity index is 577. The van der Waals surface area contributed by atoms with Crippen LogP contribution in [0.4, 0.5) is 13.2 Å². The molecule has 2 nitrogen and oxygen atoms in total. The number of para-hydroxylation sites is 1. The zero-order valence-corrected chi connectivity index (χ0v) is 9.65. The zero-order valence-electron chi connectivity index (χ0n) is 9.65. The van der Waals surface area contributed by atoms with E-state index >= 15 is 0 Å². The van der Waals surface area contributed by atoms with Crippen LogP contribution in [0.2, 0.25) is 0 Å². The van der Waals surface area contributed by atoms with Crippen LogP contribution in [-0.4, -0.2) is 12.1 Å². The summed E-state index contributed by atoms with van der Waals surface area (Å²) in [7, 11) is 0. The Morgan fingerprint density at radius 3 is 2.11 bits per heavy atom. The van der Waals surface area contributed by atoms with Crippen LogP contribution in [0.1, 0.15) is 0 Å². The third kappa shape index (κ3) is 3.13. The average Bonchev–Trinajstić information content (AvgIpc) is 2.39. The minimum atomic E-state index is -5.01. The van der Waals surface area contributed by atoms with Crippen molar-refractivity contribution in [2.75, 3.05) is 0 Å². The molecule has 0 saturated carbocycles. The summed E-state index contributed by atoms with van der Waals surface area (Å²) in [4.78, 5) is 10.9. The van der Waals surface area contributed by atoms with E-state index in [1.54, 1.807) is 42.5 Å². The van der Waals surface area contributed by atoms with Gasteiger partial charge in [0.05, 0.1) is 0 Å². The molecule has 0 fully saturated rings. The molecule has 0 bridgehead atoms. The van der Waals surface area contributed by atoms with E-state index in [1.165, 1.54) is 12.1 Å². The average molecular weight is 266 g/mol. The van der Waals surface area contributed by atoms with E-state index in [0.29, 0.717) is 11.1 Å². The number of carbonyl (C=O) groups is 1. The maximum atomic E-state index is 12.2. The standard InChI is InChI=1S/C14H9F3O2/c15-14(16,17)13(18)19-12-9-5-4-8-11(12)10-6-2-1-3-7-10/h1-9H. The van der Waals surface area contributed by atoms with Crippen molar-refractivity contribution in [2.24, 2.45) is 0 Å². The predicted octanol–water partition coefficient (Wildman–Crippen LogP) is 3.82. The molecular formula is C14H9F3O2. The molecule has 0 radical (unpaired) electrons. The topological polar surface area (TPSA) is 26.3 Å². The lowest BCUT2D eigenvalue weighted by Gasteiger charge is -2.11. The van der Waals surface area contributed by atoms with Gasteiger partial charge < -0.3 is 4.74 Å². The normalized spacial score (nSPS) is 11.1. The van der Waals surface area contributed by atoms with Gasteiger partial charge in [-0.1, -0.05) is 48.5 Å². The molecule has 0 aliphatic carbocycles. The van der Waals surface area contributed by atoms with Gasteiger partial charge in [0.25, 0.3) is 0 Å². The van der Waals surface area contributed by atoms with Gasteiger partial charge in [-0.05, 0) is 11.6 Å². The fourth-order valence-electron chi connectivity index (χ4n) is 1.57. The molecule has 0 unspecified atom stereocenters. The number of hydrogen-bond donors (Lipinski definition) is 0. The number of esters is 1. The van der Waals surface area contributed by atoms with Gasteiger partial charge in [0.2, 0.25) is 0 Å². The van der Waals surface area contributed by atoms with Crippen molar-refractivity contribution in [1.82, 2.24) is 0 Å². The molecule has 0 spiro atoms. The second-order valence-electron chi connectivity index (χ2n) is 3.75. The number of halogens is 3. The fraction of sp³-hybridized carbons (Fsp3) is 0.0714. The number of carbonyl (C=O) groups excluding carboxylic acids is 1. The van der Waals surface area contributed by atoms with Gasteiger partial charge in [0.1, 0.15) is 5.75 Å². The van der Waals surface area contributed by atoms with Gasteiger partial charge >= 0.3 is 12.1 Å². The van der Waals surface area contributed by atoms with Gasteiger partial charge in [0, 0.05) is 5.56 Å². The molecule has 0 heterocycles. The number of hydrogen-bond acceptors (Lipinski definition) is 2. The summed E-state index contributed by atoms with van der Waals surface area (Å²) in [6.45, 7) is 0. The molecule has 0 amide bonds. The van der Waals surface area contributed by atoms with Gasteiger partial charge in [0.15, 0.2) is 0 Å². The van der Waals surface area contributed by atoms with E-state index in [9.17, 15) is 18.0 Å². The Labute approximate surface area is 107 Å². The van der Waals surface area contributed by atoms with Crippen LogP contribution in [0.5, 0.6) is 5.75 Å². The Morgan fingerprint density at radius 1 is 0.895 bits per heavy atom. The molecular weight excluding hydrogens is 257 g/mol. The highest BCUT2D eigenvalue weighted by Crippen LogP contribution is 2.31. The maximum Gasteiger partial charge on any atom is 0.491 e. The predicted molar refractivity (Wildman–Crippen MR) is 63.6 cm³/mol. The van der Waals surface area contributed by atoms with Crippen LogP contribution in [0.15, 0.2) is 54.6 Å². The molecule has 0 aliphatic rings. The maximum absolute atomic E-state index is 12.2. The van der Waals surface area contributed by atoms with E-state index in [2.05, 4.69) is 4.74 Å². The number of ether oxygens (including phenoxy) is 1. The summed E-state index contributed by atoms with van der Waals surface area (Å²) < 4.78 is 41.0. The minimum absolute atomic E-state index is 0.115. The quantitative estimate of drug-likeness (QED) is 0.610. The zero-order chi connectivity index (χ0) is 13.9. The summed E-state index contributed by atoms with van der Waals surface area (Å²) in [5.41, 5.74) is 1.11. The van der Waals surface area contributed by atoms with E-state index < -0.39 is 12.1 Å². The van der Waals surface area contributed by atoms with Crippen molar-refractivity contribution in [3.8, 4) is 16.9 Å². The lowest BCUT2D eigenvalue weighted by Crippen LogP contribution is -2.28. The van der Waals surface area contributed by atoms with Crippen molar-refractivity contribution < 1.29 is 22.7 Å². The van der Waals surface area contributed by atoms with Gasteiger partial charge in [-0.3, -0.25) is 0 Å². The fourth-order valence-corrected chi connectivity index (χ4v) is 1.57. The lowest BCUT2D eigenvalue weighted by molar-refractivity contribution is -0.189. The Hall–Kier alpha value is -2.30. The molecule has 2 rings (SSSR count). The second-order valence-corrected chi connectivity index (χ2v) is 3.75. The molecule has 2 aromatic rings. The van der Waals surface area contributed by atoms with Gasteiger partial charge in [-0.25, -0.2) is 4.79 Å². The number of alkyl halides is 3. The molecule has 98 valence electrons. The van der Waals surface area contributed by atoms with Gasteiger partial charge in [-0.15, -0.1) is 0 Å². The molecule has 0 aliphatic heterocycles. The molecule has 19 heavy (non-hydrogen) atoms. The third-order valence-corrected chi connectivity index (χ3v) is 2.41. The number of benzene rings is 2. The smallest absolute Gasteiger partial charge is 0.419 e. The molecule has 0 atom stereocenters. The lowest BCUT2D eigenvalue weighted by atomic mass is 10.1. The molecule has 0 N–H and O–H groups in total. The Balaban J connectivity index is 2.35. The second kappa shape index (κ2) is 5.14. The SMILES string of the molecule is O=C(Oc1ccccc1-c1ccccc1)C(F)(F)F. The molecule has 5 heteroatoms. The van der Waals surface area contributed by atoms with E-state index in [0.717, 1.165) is 0 Å². The highest BCUT2D eigenvalue weighted by molar-refractivity contribution is 5.81. The van der Waals surface area contributed by atoms with Crippen molar-refractivity contribution in [3.05, 3.63) is 54.6 Å². The largest absolute Gasteiger partial charge is 0.491 e. The van der Waals surface area contributed by atoms with Crippen molar-refractivity contribution in [1.29, 1.82) is 0 Å². The van der Waals surface area contributed by atoms with Gasteiger partial charge in [-0.2, -0.15) is 13.2 Å².